The molecule has 0 aliphatic carbocycles. The highest BCUT2D eigenvalue weighted by Crippen LogP contribution is 2.21. The third kappa shape index (κ3) is 6.01. The van der Waals surface area contributed by atoms with Gasteiger partial charge in [0.25, 0.3) is 17.4 Å². The minimum atomic E-state index is -0.318. The fourth-order valence-corrected chi connectivity index (χ4v) is 4.44. The smallest absolute Gasteiger partial charge is 0.261 e. The molecule has 0 spiro atoms. The Labute approximate surface area is 205 Å². The van der Waals surface area contributed by atoms with Gasteiger partial charge in [-0.25, -0.2) is 0 Å². The van der Waals surface area contributed by atoms with Crippen LogP contribution in [0.25, 0.3) is 5.69 Å². The van der Waals surface area contributed by atoms with E-state index in [0.29, 0.717) is 26.9 Å². The number of halogens is 1. The van der Waals surface area contributed by atoms with Crippen LogP contribution in [0.15, 0.2) is 95.9 Å². The number of aromatic nitrogens is 1. The maximum absolute atomic E-state index is 12.8. The van der Waals surface area contributed by atoms with Gasteiger partial charge in [-0.3, -0.25) is 19.0 Å². The van der Waals surface area contributed by atoms with Crippen molar-refractivity contribution in [3.8, 4) is 5.69 Å². The Morgan fingerprint density at radius 3 is 2.29 bits per heavy atom. The molecule has 6 nitrogen and oxygen atoms in total. The van der Waals surface area contributed by atoms with Crippen LogP contribution in [-0.4, -0.2) is 29.0 Å². The van der Waals surface area contributed by atoms with Crippen LogP contribution in [0.5, 0.6) is 0 Å². The maximum atomic E-state index is 12.8. The lowest BCUT2D eigenvalue weighted by Gasteiger charge is -2.19. The van der Waals surface area contributed by atoms with Crippen molar-refractivity contribution in [2.24, 2.45) is 0 Å². The number of hydrogen-bond donors (Lipinski definition) is 2. The molecule has 2 aromatic carbocycles. The number of nitrogens with one attached hydrogen (secondary N) is 2. The molecular formula is C26H22ClN3O3S. The molecule has 172 valence electrons. The molecule has 2 heterocycles. The second-order valence-electron chi connectivity index (χ2n) is 7.63. The van der Waals surface area contributed by atoms with Crippen LogP contribution >= 0.6 is 22.9 Å². The molecule has 34 heavy (non-hydrogen) atoms. The molecule has 0 saturated carbocycles. The van der Waals surface area contributed by atoms with Gasteiger partial charge >= 0.3 is 0 Å². The molecule has 8 heteroatoms. The summed E-state index contributed by atoms with van der Waals surface area (Å²) in [6, 6.07) is 24.5. The van der Waals surface area contributed by atoms with Gasteiger partial charge < -0.3 is 10.6 Å². The molecule has 1 atom stereocenters. The van der Waals surface area contributed by atoms with Gasteiger partial charge in [-0.2, -0.15) is 0 Å². The number of pyridine rings is 1. The molecule has 2 N–H and O–H groups in total. The highest BCUT2D eigenvalue weighted by molar-refractivity contribution is 7.18. The predicted molar refractivity (Wildman–Crippen MR) is 135 cm³/mol. The van der Waals surface area contributed by atoms with Crippen molar-refractivity contribution in [1.82, 2.24) is 15.2 Å². The Hall–Kier alpha value is -3.68. The summed E-state index contributed by atoms with van der Waals surface area (Å²) in [7, 11) is 0. The van der Waals surface area contributed by atoms with E-state index in [1.807, 2.05) is 30.3 Å². The van der Waals surface area contributed by atoms with Crippen LogP contribution in [0.4, 0.5) is 0 Å². The van der Waals surface area contributed by atoms with Crippen molar-refractivity contribution >= 4 is 34.8 Å². The molecule has 4 rings (SSSR count). The zero-order valence-corrected chi connectivity index (χ0v) is 19.7. The first-order chi connectivity index (χ1) is 16.5. The highest BCUT2D eigenvalue weighted by Gasteiger charge is 2.17. The molecular weight excluding hydrogens is 470 g/mol. The molecule has 2 amide bonds. The second kappa shape index (κ2) is 11.0. The van der Waals surface area contributed by atoms with Crippen LogP contribution in [0, 0.1) is 0 Å². The van der Waals surface area contributed by atoms with Gasteiger partial charge in [0.05, 0.1) is 15.3 Å². The average Bonchev–Trinajstić information content (AvgIpc) is 3.30. The molecule has 1 unspecified atom stereocenters. The largest absolute Gasteiger partial charge is 0.350 e. The van der Waals surface area contributed by atoms with E-state index in [2.05, 4.69) is 10.6 Å². The molecule has 0 bridgehead atoms. The number of carbonyl (C=O) groups excluding carboxylic acids is 2. The van der Waals surface area contributed by atoms with Crippen molar-refractivity contribution in [2.75, 3.05) is 6.54 Å². The first kappa shape index (κ1) is 23.5. The van der Waals surface area contributed by atoms with Gasteiger partial charge in [0.1, 0.15) is 0 Å². The van der Waals surface area contributed by atoms with E-state index >= 15 is 0 Å². The first-order valence-electron chi connectivity index (χ1n) is 10.7. The quantitative estimate of drug-likeness (QED) is 0.385. The van der Waals surface area contributed by atoms with Crippen LogP contribution in [0.3, 0.4) is 0 Å². The van der Waals surface area contributed by atoms with Gasteiger partial charge in [-0.15, -0.1) is 11.3 Å². The standard InChI is InChI=1S/C26H22ClN3O3S/c27-23-14-13-22(34-23)26(33)29-20(16-18-6-2-1-3-7-18)17-28-25(32)19-9-11-21(12-10-19)30-15-5-4-8-24(30)31/h1-15,20H,16-17H2,(H,28,32)(H,29,33). The molecule has 2 aromatic heterocycles. The number of benzene rings is 2. The Morgan fingerprint density at radius 2 is 1.62 bits per heavy atom. The monoisotopic (exact) mass is 491 g/mol. The van der Waals surface area contributed by atoms with E-state index in [9.17, 15) is 14.4 Å². The normalized spacial score (nSPS) is 11.6. The Bertz CT molecular complexity index is 1330. The third-order valence-corrected chi connectivity index (χ3v) is 6.43. The molecule has 0 aliphatic heterocycles. The highest BCUT2D eigenvalue weighted by atomic mass is 35.5. The summed E-state index contributed by atoms with van der Waals surface area (Å²) in [5.41, 5.74) is 2.03. The van der Waals surface area contributed by atoms with Gasteiger partial charge in [0, 0.05) is 30.1 Å². The summed E-state index contributed by atoms with van der Waals surface area (Å²) in [4.78, 5) is 38.0. The van der Waals surface area contributed by atoms with Crippen molar-refractivity contribution in [3.63, 3.8) is 0 Å². The maximum Gasteiger partial charge on any atom is 0.261 e. The molecule has 0 radical (unpaired) electrons. The van der Waals surface area contributed by atoms with E-state index in [-0.39, 0.29) is 30.0 Å². The molecule has 0 fully saturated rings. The van der Waals surface area contributed by atoms with E-state index in [1.54, 1.807) is 54.7 Å². The number of amides is 2. The summed E-state index contributed by atoms with van der Waals surface area (Å²) >= 11 is 7.17. The number of rotatable bonds is 8. The Balaban J connectivity index is 1.43. The second-order valence-corrected chi connectivity index (χ2v) is 9.34. The number of nitrogens with zero attached hydrogens (tertiary/aromatic N) is 1. The van der Waals surface area contributed by atoms with Crippen molar-refractivity contribution in [1.29, 1.82) is 0 Å². The Morgan fingerprint density at radius 1 is 0.882 bits per heavy atom. The van der Waals surface area contributed by atoms with Gasteiger partial charge in [0.15, 0.2) is 0 Å². The topological polar surface area (TPSA) is 80.2 Å². The fourth-order valence-electron chi connectivity index (χ4n) is 3.50. The molecule has 0 saturated heterocycles. The van der Waals surface area contributed by atoms with Crippen molar-refractivity contribution in [3.05, 3.63) is 122 Å². The average molecular weight is 492 g/mol. The minimum absolute atomic E-state index is 0.147. The van der Waals surface area contributed by atoms with Crippen LogP contribution in [0.2, 0.25) is 4.34 Å². The summed E-state index contributed by atoms with van der Waals surface area (Å²) < 4.78 is 2.04. The summed E-state index contributed by atoms with van der Waals surface area (Å²) in [6.07, 6.45) is 2.23. The minimum Gasteiger partial charge on any atom is -0.350 e. The lowest BCUT2D eigenvalue weighted by atomic mass is 10.1. The SMILES string of the molecule is O=C(NCC(Cc1ccccc1)NC(=O)c1ccc(Cl)s1)c1ccc(-n2ccccc2=O)cc1. The third-order valence-electron chi connectivity index (χ3n) is 5.20. The zero-order chi connectivity index (χ0) is 23.9. The Kier molecular flexibility index (Phi) is 7.57. The van der Waals surface area contributed by atoms with Crippen molar-refractivity contribution < 1.29 is 9.59 Å². The predicted octanol–water partition coefficient (Wildman–Crippen LogP) is 4.32. The van der Waals surface area contributed by atoms with Crippen molar-refractivity contribution in [2.45, 2.75) is 12.5 Å². The number of carbonyl (C=O) groups is 2. The van der Waals surface area contributed by atoms with E-state index in [4.69, 9.17) is 11.6 Å². The van der Waals surface area contributed by atoms with Gasteiger partial charge in [0.2, 0.25) is 0 Å². The van der Waals surface area contributed by atoms with Crippen LogP contribution < -0.4 is 16.2 Å². The van der Waals surface area contributed by atoms with Gasteiger partial charge in [-0.05, 0) is 54.4 Å². The summed E-state index contributed by atoms with van der Waals surface area (Å²) in [6.45, 7) is 0.248. The lowest BCUT2D eigenvalue weighted by Crippen LogP contribution is -2.44. The van der Waals surface area contributed by atoms with Crippen LogP contribution in [0.1, 0.15) is 25.6 Å². The van der Waals surface area contributed by atoms with E-state index in [1.165, 1.54) is 22.0 Å². The number of hydrogen-bond acceptors (Lipinski definition) is 4. The van der Waals surface area contributed by atoms with Crippen LogP contribution in [-0.2, 0) is 6.42 Å². The molecule has 4 aromatic rings. The zero-order valence-electron chi connectivity index (χ0n) is 18.1. The van der Waals surface area contributed by atoms with E-state index in [0.717, 1.165) is 5.56 Å². The summed E-state index contributed by atoms with van der Waals surface area (Å²) in [5, 5.41) is 5.91. The summed E-state index contributed by atoms with van der Waals surface area (Å²) in [5.74, 6) is -0.497. The first-order valence-corrected chi connectivity index (χ1v) is 11.9. The number of thiophene rings is 1. The van der Waals surface area contributed by atoms with Gasteiger partial charge in [-0.1, -0.05) is 48.0 Å². The fraction of sp³-hybridized carbons (Fsp3) is 0.115. The molecule has 0 aliphatic rings. The lowest BCUT2D eigenvalue weighted by molar-refractivity contribution is 0.0911. The van der Waals surface area contributed by atoms with E-state index < -0.39 is 0 Å².